The number of ketones is 2. The highest BCUT2D eigenvalue weighted by atomic mass is 16.1. The molecule has 1 aromatic carbocycles. The molecule has 3 rings (SSSR count). The number of likely N-dealkylation sites (N-methyl/N-ethyl adjacent to an activating group) is 1. The molecule has 0 radical (unpaired) electrons. The molecule has 0 amide bonds. The Bertz CT molecular complexity index is 753. The molecule has 2 aromatic rings. The van der Waals surface area contributed by atoms with Crippen molar-refractivity contribution in [3.63, 3.8) is 0 Å². The highest BCUT2D eigenvalue weighted by molar-refractivity contribution is 6.29. The van der Waals surface area contributed by atoms with Gasteiger partial charge in [-0.3, -0.25) is 9.59 Å². The SMILES string of the molecule is CN(C)CCNc1nccc2c1C(=O)c1ccccc1C2=O. The first-order valence-electron chi connectivity index (χ1n) is 7.15. The van der Waals surface area contributed by atoms with Crippen LogP contribution in [0.15, 0.2) is 36.5 Å². The molecule has 112 valence electrons. The van der Waals surface area contributed by atoms with Gasteiger partial charge in [-0.2, -0.15) is 0 Å². The molecule has 1 aliphatic carbocycles. The van der Waals surface area contributed by atoms with E-state index in [0.717, 1.165) is 6.54 Å². The van der Waals surface area contributed by atoms with Crippen LogP contribution in [0.1, 0.15) is 31.8 Å². The van der Waals surface area contributed by atoms with Gasteiger partial charge in [-0.15, -0.1) is 0 Å². The zero-order chi connectivity index (χ0) is 15.7. The first-order chi connectivity index (χ1) is 10.6. The summed E-state index contributed by atoms with van der Waals surface area (Å²) in [5.74, 6) is 0.209. The number of nitrogens with zero attached hydrogens (tertiary/aromatic N) is 2. The molecular weight excluding hydrogens is 278 g/mol. The van der Waals surface area contributed by atoms with E-state index in [1.165, 1.54) is 0 Å². The number of carbonyl (C=O) groups excluding carboxylic acids is 2. The van der Waals surface area contributed by atoms with Crippen molar-refractivity contribution in [1.29, 1.82) is 0 Å². The summed E-state index contributed by atoms with van der Waals surface area (Å²) in [6, 6.07) is 8.53. The van der Waals surface area contributed by atoms with Crippen molar-refractivity contribution in [2.75, 3.05) is 32.5 Å². The van der Waals surface area contributed by atoms with E-state index in [0.29, 0.717) is 34.6 Å². The second-order valence-electron chi connectivity index (χ2n) is 5.52. The predicted octanol–water partition coefficient (Wildman–Crippen LogP) is 1.83. The third-order valence-electron chi connectivity index (χ3n) is 3.69. The summed E-state index contributed by atoms with van der Waals surface area (Å²) in [7, 11) is 3.95. The molecule has 0 atom stereocenters. The standard InChI is InChI=1S/C17H17N3O2/c1-20(2)10-9-19-17-14-13(7-8-18-17)15(21)11-5-3-4-6-12(11)16(14)22/h3-8H,9-10H2,1-2H3,(H,18,19). The van der Waals surface area contributed by atoms with Crippen molar-refractivity contribution in [3.8, 4) is 0 Å². The van der Waals surface area contributed by atoms with Gasteiger partial charge >= 0.3 is 0 Å². The molecule has 0 bridgehead atoms. The Hall–Kier alpha value is -2.53. The van der Waals surface area contributed by atoms with Gasteiger partial charge in [0.2, 0.25) is 0 Å². The molecule has 1 heterocycles. The number of hydrogen-bond donors (Lipinski definition) is 1. The minimum Gasteiger partial charge on any atom is -0.368 e. The van der Waals surface area contributed by atoms with Gasteiger partial charge < -0.3 is 10.2 Å². The first kappa shape index (κ1) is 14.4. The number of fused-ring (bicyclic) bond motifs is 2. The van der Waals surface area contributed by atoms with Gasteiger partial charge in [0.15, 0.2) is 11.6 Å². The van der Waals surface area contributed by atoms with E-state index in [2.05, 4.69) is 10.3 Å². The summed E-state index contributed by atoms with van der Waals surface area (Å²) in [5.41, 5.74) is 1.71. The summed E-state index contributed by atoms with van der Waals surface area (Å²) in [6.07, 6.45) is 1.57. The van der Waals surface area contributed by atoms with E-state index in [-0.39, 0.29) is 11.6 Å². The van der Waals surface area contributed by atoms with Gasteiger partial charge in [0.25, 0.3) is 0 Å². The molecular formula is C17H17N3O2. The number of pyridine rings is 1. The third kappa shape index (κ3) is 2.40. The van der Waals surface area contributed by atoms with Crippen molar-refractivity contribution >= 4 is 17.4 Å². The van der Waals surface area contributed by atoms with E-state index in [1.807, 2.05) is 19.0 Å². The van der Waals surface area contributed by atoms with Gasteiger partial charge in [0.05, 0.1) is 5.56 Å². The van der Waals surface area contributed by atoms with Crippen LogP contribution in [0, 0.1) is 0 Å². The summed E-state index contributed by atoms with van der Waals surface area (Å²) >= 11 is 0. The largest absolute Gasteiger partial charge is 0.368 e. The van der Waals surface area contributed by atoms with Crippen LogP contribution >= 0.6 is 0 Å². The van der Waals surface area contributed by atoms with Crippen molar-refractivity contribution in [3.05, 3.63) is 58.8 Å². The molecule has 0 fully saturated rings. The number of aromatic nitrogens is 1. The number of hydrogen-bond acceptors (Lipinski definition) is 5. The Morgan fingerprint density at radius 2 is 1.68 bits per heavy atom. The van der Waals surface area contributed by atoms with Crippen LogP contribution in [0.4, 0.5) is 5.82 Å². The Kier molecular flexibility index (Phi) is 3.73. The zero-order valence-electron chi connectivity index (χ0n) is 12.6. The van der Waals surface area contributed by atoms with Crippen molar-refractivity contribution in [2.24, 2.45) is 0 Å². The minimum absolute atomic E-state index is 0.122. The Morgan fingerprint density at radius 3 is 2.36 bits per heavy atom. The van der Waals surface area contributed by atoms with Gasteiger partial charge in [0, 0.05) is 36.0 Å². The Labute approximate surface area is 129 Å². The summed E-state index contributed by atoms with van der Waals surface area (Å²) in [5, 5.41) is 3.16. The van der Waals surface area contributed by atoms with Crippen molar-refractivity contribution < 1.29 is 9.59 Å². The fourth-order valence-corrected chi connectivity index (χ4v) is 2.57. The first-order valence-corrected chi connectivity index (χ1v) is 7.15. The molecule has 1 aliphatic rings. The lowest BCUT2D eigenvalue weighted by molar-refractivity contribution is 0.0979. The summed E-state index contributed by atoms with van der Waals surface area (Å²) in [4.78, 5) is 31.6. The zero-order valence-corrected chi connectivity index (χ0v) is 12.6. The summed E-state index contributed by atoms with van der Waals surface area (Å²) in [6.45, 7) is 1.46. The van der Waals surface area contributed by atoms with E-state index in [1.54, 1.807) is 36.5 Å². The molecule has 1 N–H and O–H groups in total. The number of carbonyl (C=O) groups is 2. The monoisotopic (exact) mass is 295 g/mol. The second kappa shape index (κ2) is 5.69. The van der Waals surface area contributed by atoms with Crippen LogP contribution in [-0.4, -0.2) is 48.6 Å². The highest BCUT2D eigenvalue weighted by Gasteiger charge is 2.31. The smallest absolute Gasteiger partial charge is 0.198 e. The molecule has 1 aromatic heterocycles. The van der Waals surface area contributed by atoms with Gasteiger partial charge in [-0.05, 0) is 20.2 Å². The molecule has 0 spiro atoms. The van der Waals surface area contributed by atoms with Crippen LogP contribution in [0.5, 0.6) is 0 Å². The Morgan fingerprint density at radius 1 is 1.00 bits per heavy atom. The van der Waals surface area contributed by atoms with E-state index in [9.17, 15) is 9.59 Å². The van der Waals surface area contributed by atoms with Crippen LogP contribution < -0.4 is 5.32 Å². The topological polar surface area (TPSA) is 62.3 Å². The van der Waals surface area contributed by atoms with Gasteiger partial charge in [0.1, 0.15) is 5.82 Å². The average Bonchev–Trinajstić information content (AvgIpc) is 2.52. The third-order valence-corrected chi connectivity index (χ3v) is 3.69. The normalized spacial score (nSPS) is 13.0. The lowest BCUT2D eigenvalue weighted by Gasteiger charge is -2.20. The lowest BCUT2D eigenvalue weighted by atomic mass is 9.84. The van der Waals surface area contributed by atoms with Gasteiger partial charge in [-0.25, -0.2) is 4.98 Å². The van der Waals surface area contributed by atoms with E-state index >= 15 is 0 Å². The van der Waals surface area contributed by atoms with Crippen LogP contribution in [-0.2, 0) is 0 Å². The molecule has 0 saturated heterocycles. The summed E-state index contributed by atoms with van der Waals surface area (Å²) < 4.78 is 0. The quantitative estimate of drug-likeness (QED) is 0.795. The fourth-order valence-electron chi connectivity index (χ4n) is 2.57. The minimum atomic E-state index is -0.148. The molecule has 0 aliphatic heterocycles. The number of rotatable bonds is 4. The molecule has 0 saturated carbocycles. The van der Waals surface area contributed by atoms with E-state index < -0.39 is 0 Å². The molecule has 22 heavy (non-hydrogen) atoms. The molecule has 5 heteroatoms. The predicted molar refractivity (Wildman–Crippen MR) is 84.6 cm³/mol. The van der Waals surface area contributed by atoms with Gasteiger partial charge in [-0.1, -0.05) is 24.3 Å². The van der Waals surface area contributed by atoms with Crippen LogP contribution in [0.2, 0.25) is 0 Å². The van der Waals surface area contributed by atoms with Crippen molar-refractivity contribution in [2.45, 2.75) is 0 Å². The maximum Gasteiger partial charge on any atom is 0.198 e. The maximum absolute atomic E-state index is 12.7. The Balaban J connectivity index is 2.01. The highest BCUT2D eigenvalue weighted by Crippen LogP contribution is 2.30. The fraction of sp³-hybridized carbons (Fsp3) is 0.235. The molecule has 0 unspecified atom stereocenters. The maximum atomic E-state index is 12.7. The van der Waals surface area contributed by atoms with Crippen molar-refractivity contribution in [1.82, 2.24) is 9.88 Å². The average molecular weight is 295 g/mol. The van der Waals surface area contributed by atoms with E-state index in [4.69, 9.17) is 0 Å². The number of benzene rings is 1. The lowest BCUT2D eigenvalue weighted by Crippen LogP contribution is -2.25. The number of anilines is 1. The number of nitrogens with one attached hydrogen (secondary N) is 1. The van der Waals surface area contributed by atoms with Crippen LogP contribution in [0.25, 0.3) is 0 Å². The molecule has 5 nitrogen and oxygen atoms in total. The second-order valence-corrected chi connectivity index (χ2v) is 5.52. The van der Waals surface area contributed by atoms with Crippen LogP contribution in [0.3, 0.4) is 0 Å².